The van der Waals surface area contributed by atoms with Gasteiger partial charge in [-0.15, -0.1) is 10.2 Å². The Kier molecular flexibility index (Phi) is 4.84. The molecule has 116 valence electrons. The Bertz CT molecular complexity index is 604. The molecule has 0 unspecified atom stereocenters. The van der Waals surface area contributed by atoms with E-state index < -0.39 is 23.2 Å². The lowest BCUT2D eigenvalue weighted by atomic mass is 10.2. The topological polar surface area (TPSA) is 149 Å². The number of anilines is 1. The first kappa shape index (κ1) is 16.4. The van der Waals surface area contributed by atoms with Crippen LogP contribution >= 0.6 is 0 Å². The van der Waals surface area contributed by atoms with Crippen molar-refractivity contribution in [2.24, 2.45) is 0 Å². The highest BCUT2D eigenvalue weighted by Gasteiger charge is 2.19. The van der Waals surface area contributed by atoms with Gasteiger partial charge in [-0.05, 0) is 20.8 Å². The predicted octanol–water partition coefficient (Wildman–Crippen LogP) is -0.284. The molecule has 1 rings (SSSR count). The number of rotatable bonds is 4. The van der Waals surface area contributed by atoms with Crippen molar-refractivity contribution < 1.29 is 19.4 Å². The number of aryl methyl sites for hydroxylation is 1. The summed E-state index contributed by atoms with van der Waals surface area (Å²) in [7, 11) is 0. The van der Waals surface area contributed by atoms with Crippen LogP contribution in [0.1, 0.15) is 32.9 Å². The molecule has 1 aromatic rings. The van der Waals surface area contributed by atoms with E-state index in [9.17, 15) is 14.4 Å². The molecule has 21 heavy (non-hydrogen) atoms. The molecule has 0 aromatic carbocycles. The molecule has 0 spiro atoms. The molecule has 0 saturated heterocycles. The molecule has 0 aliphatic rings. The van der Waals surface area contributed by atoms with Crippen LogP contribution in [0.15, 0.2) is 4.79 Å². The summed E-state index contributed by atoms with van der Waals surface area (Å²) in [4.78, 5) is 33.8. The van der Waals surface area contributed by atoms with Crippen LogP contribution in [0.5, 0.6) is 0 Å². The average molecular weight is 299 g/mol. The normalized spacial score (nSPS) is 11.0. The largest absolute Gasteiger partial charge is 0.481 e. The van der Waals surface area contributed by atoms with Gasteiger partial charge in [0.2, 0.25) is 0 Å². The average Bonchev–Trinajstić information content (AvgIpc) is 2.31. The molecule has 4 N–H and O–H groups in total. The number of carbonyl (C=O) groups excluding carboxylic acids is 1. The molecule has 10 heteroatoms. The number of ether oxygens (including phenoxy) is 1. The third kappa shape index (κ3) is 5.09. The Labute approximate surface area is 119 Å². The van der Waals surface area contributed by atoms with E-state index in [1.165, 1.54) is 0 Å². The number of nitrogens with zero attached hydrogens (tertiary/aromatic N) is 3. The molecule has 0 atom stereocenters. The fourth-order valence-corrected chi connectivity index (χ4v) is 1.30. The maximum absolute atomic E-state index is 11.8. The minimum Gasteiger partial charge on any atom is -0.481 e. The number of carboxylic acids is 1. The SMILES string of the molecule is CC(C)(C)OC(=O)Nc1nnc(CCC(=O)O)c(=O)n1N. The number of carbonyl (C=O) groups is 2. The van der Waals surface area contributed by atoms with Crippen molar-refractivity contribution in [2.45, 2.75) is 39.2 Å². The number of amides is 1. The van der Waals surface area contributed by atoms with Crippen LogP contribution in [0.25, 0.3) is 0 Å². The number of carboxylic acid groups (broad SMARTS) is 1. The van der Waals surface area contributed by atoms with Gasteiger partial charge in [0, 0.05) is 6.42 Å². The van der Waals surface area contributed by atoms with Gasteiger partial charge < -0.3 is 15.7 Å². The highest BCUT2D eigenvalue weighted by Crippen LogP contribution is 2.08. The maximum atomic E-state index is 11.8. The van der Waals surface area contributed by atoms with Crippen LogP contribution in [0, 0.1) is 0 Å². The molecular formula is C11H17N5O5. The van der Waals surface area contributed by atoms with Crippen LogP contribution in [0.3, 0.4) is 0 Å². The van der Waals surface area contributed by atoms with Gasteiger partial charge in [0.05, 0.1) is 6.42 Å². The van der Waals surface area contributed by atoms with Crippen molar-refractivity contribution in [1.82, 2.24) is 14.9 Å². The Morgan fingerprint density at radius 2 is 2.00 bits per heavy atom. The summed E-state index contributed by atoms with van der Waals surface area (Å²) in [5.41, 5.74) is -1.56. The summed E-state index contributed by atoms with van der Waals surface area (Å²) >= 11 is 0. The second-order valence-corrected chi connectivity index (χ2v) is 5.17. The van der Waals surface area contributed by atoms with E-state index in [2.05, 4.69) is 15.5 Å². The fourth-order valence-electron chi connectivity index (χ4n) is 1.30. The molecule has 1 heterocycles. The van der Waals surface area contributed by atoms with Gasteiger partial charge in [0.15, 0.2) is 0 Å². The molecule has 0 radical (unpaired) electrons. The molecule has 0 saturated carbocycles. The van der Waals surface area contributed by atoms with E-state index in [-0.39, 0.29) is 24.5 Å². The number of hydrogen-bond acceptors (Lipinski definition) is 7. The number of aliphatic carboxylic acids is 1. The van der Waals surface area contributed by atoms with Crippen LogP contribution in [-0.4, -0.2) is 37.6 Å². The third-order valence-electron chi connectivity index (χ3n) is 2.15. The molecule has 0 aliphatic heterocycles. The van der Waals surface area contributed by atoms with E-state index in [0.717, 1.165) is 0 Å². The van der Waals surface area contributed by atoms with E-state index in [1.54, 1.807) is 20.8 Å². The second-order valence-electron chi connectivity index (χ2n) is 5.17. The standard InChI is InChI=1S/C11H17N5O5/c1-11(2,3)21-10(20)13-9-15-14-6(4-5-7(17)18)8(19)16(9)12/h4-5,12H2,1-3H3,(H,17,18)(H,13,15,20). The van der Waals surface area contributed by atoms with Gasteiger partial charge in [0.1, 0.15) is 11.3 Å². The van der Waals surface area contributed by atoms with Gasteiger partial charge in [-0.3, -0.25) is 14.9 Å². The quantitative estimate of drug-likeness (QED) is 0.642. The van der Waals surface area contributed by atoms with Gasteiger partial charge in [-0.25, -0.2) is 4.79 Å². The first-order chi connectivity index (χ1) is 9.60. The van der Waals surface area contributed by atoms with Crippen molar-refractivity contribution in [3.05, 3.63) is 16.0 Å². The van der Waals surface area contributed by atoms with E-state index in [0.29, 0.717) is 4.68 Å². The fraction of sp³-hybridized carbons (Fsp3) is 0.545. The molecular weight excluding hydrogens is 282 g/mol. The molecule has 0 aliphatic carbocycles. The van der Waals surface area contributed by atoms with Crippen molar-refractivity contribution in [3.8, 4) is 0 Å². The van der Waals surface area contributed by atoms with Crippen molar-refractivity contribution in [2.75, 3.05) is 11.2 Å². The van der Waals surface area contributed by atoms with Crippen LogP contribution in [0.2, 0.25) is 0 Å². The minimum absolute atomic E-state index is 0.102. The summed E-state index contributed by atoms with van der Waals surface area (Å²) in [6.07, 6.45) is -1.22. The lowest BCUT2D eigenvalue weighted by Gasteiger charge is -2.19. The summed E-state index contributed by atoms with van der Waals surface area (Å²) in [6, 6.07) is 0. The lowest BCUT2D eigenvalue weighted by molar-refractivity contribution is -0.136. The van der Waals surface area contributed by atoms with Crippen molar-refractivity contribution in [3.63, 3.8) is 0 Å². The van der Waals surface area contributed by atoms with Gasteiger partial charge in [-0.2, -0.15) is 4.68 Å². The number of nitrogen functional groups attached to an aromatic ring is 1. The van der Waals surface area contributed by atoms with Crippen LogP contribution in [-0.2, 0) is 16.0 Å². The molecule has 10 nitrogen and oxygen atoms in total. The molecule has 1 aromatic heterocycles. The zero-order valence-corrected chi connectivity index (χ0v) is 11.9. The summed E-state index contributed by atoms with van der Waals surface area (Å²) in [5, 5.41) is 17.9. The van der Waals surface area contributed by atoms with Crippen LogP contribution < -0.4 is 16.7 Å². The summed E-state index contributed by atoms with van der Waals surface area (Å²) in [6.45, 7) is 5.01. The highest BCUT2D eigenvalue weighted by molar-refractivity contribution is 5.82. The maximum Gasteiger partial charge on any atom is 0.414 e. The number of aromatic nitrogens is 3. The van der Waals surface area contributed by atoms with E-state index in [1.807, 2.05) is 0 Å². The van der Waals surface area contributed by atoms with Gasteiger partial charge in [0.25, 0.3) is 11.5 Å². The minimum atomic E-state index is -1.07. The van der Waals surface area contributed by atoms with Gasteiger partial charge >= 0.3 is 12.1 Å². The number of nitrogens with two attached hydrogens (primary N) is 1. The second kappa shape index (κ2) is 6.20. The van der Waals surface area contributed by atoms with E-state index in [4.69, 9.17) is 15.7 Å². The Balaban J connectivity index is 2.87. The lowest BCUT2D eigenvalue weighted by Crippen LogP contribution is -2.37. The smallest absolute Gasteiger partial charge is 0.414 e. The van der Waals surface area contributed by atoms with Crippen molar-refractivity contribution in [1.29, 1.82) is 0 Å². The van der Waals surface area contributed by atoms with E-state index >= 15 is 0 Å². The first-order valence-corrected chi connectivity index (χ1v) is 6.05. The number of nitrogens with one attached hydrogen (secondary N) is 1. The van der Waals surface area contributed by atoms with Crippen LogP contribution in [0.4, 0.5) is 10.7 Å². The molecule has 1 amide bonds. The molecule has 0 bridgehead atoms. The van der Waals surface area contributed by atoms with Crippen molar-refractivity contribution >= 4 is 18.0 Å². The monoisotopic (exact) mass is 299 g/mol. The summed E-state index contributed by atoms with van der Waals surface area (Å²) < 4.78 is 5.56. The predicted molar refractivity (Wildman–Crippen MR) is 72.3 cm³/mol. The zero-order valence-electron chi connectivity index (χ0n) is 11.9. The summed E-state index contributed by atoms with van der Waals surface area (Å²) in [5.74, 6) is 4.11. The molecule has 0 fully saturated rings. The van der Waals surface area contributed by atoms with Gasteiger partial charge in [-0.1, -0.05) is 0 Å². The highest BCUT2D eigenvalue weighted by atomic mass is 16.6. The Morgan fingerprint density at radius 1 is 1.38 bits per heavy atom. The third-order valence-corrected chi connectivity index (χ3v) is 2.15. The zero-order chi connectivity index (χ0) is 16.2. The Hall–Kier alpha value is -2.65. The number of hydrogen-bond donors (Lipinski definition) is 3. The first-order valence-electron chi connectivity index (χ1n) is 6.05. The Morgan fingerprint density at radius 3 is 2.52 bits per heavy atom.